The van der Waals surface area contributed by atoms with Crippen LogP contribution >= 0.6 is 0 Å². The molecule has 0 aliphatic carbocycles. The molecule has 376 valence electrons. The number of fused-ring (bicyclic) bond motifs is 4. The molecule has 0 amide bonds. The van der Waals surface area contributed by atoms with E-state index in [-0.39, 0.29) is 16.2 Å². The molecular weight excluding hydrogens is 913 g/mol. The van der Waals surface area contributed by atoms with E-state index >= 15 is 0 Å². The number of benzene rings is 8. The van der Waals surface area contributed by atoms with Crippen LogP contribution in [0.2, 0.25) is 0 Å². The summed E-state index contributed by atoms with van der Waals surface area (Å²) >= 11 is 0. The fraction of sp³-hybridized carbons (Fsp3) is 0.243. The number of hydrogen-bond acceptors (Lipinski definition) is 4. The Kier molecular flexibility index (Phi) is 12.6. The number of ether oxygens (including phenoxy) is 1. The molecule has 0 N–H and O–H groups in total. The summed E-state index contributed by atoms with van der Waals surface area (Å²) < 4.78 is 9.32. The van der Waals surface area contributed by atoms with Crippen LogP contribution in [-0.4, -0.2) is 16.2 Å². The molecule has 1 aliphatic rings. The molecule has 3 heterocycles. The number of anilines is 4. The van der Waals surface area contributed by atoms with Gasteiger partial charge in [-0.15, -0.1) is 0 Å². The Morgan fingerprint density at radius 3 is 1.68 bits per heavy atom. The van der Waals surface area contributed by atoms with Crippen LogP contribution in [0, 0.1) is 0 Å². The summed E-state index contributed by atoms with van der Waals surface area (Å²) in [6, 6.07) is 71.1. The first-order valence-electron chi connectivity index (χ1n) is 26.8. The Morgan fingerprint density at radius 2 is 1.03 bits per heavy atom. The molecular formula is C70H70N4O. The van der Waals surface area contributed by atoms with Gasteiger partial charge in [0.05, 0.1) is 22.4 Å². The van der Waals surface area contributed by atoms with Crippen molar-refractivity contribution in [3.05, 3.63) is 239 Å². The fourth-order valence-electron chi connectivity index (χ4n) is 11.4. The number of pyridine rings is 1. The van der Waals surface area contributed by atoms with Crippen LogP contribution in [0.5, 0.6) is 11.5 Å². The van der Waals surface area contributed by atoms with E-state index in [1.165, 1.54) is 72.5 Å². The highest BCUT2D eigenvalue weighted by atomic mass is 16.5. The summed E-state index contributed by atoms with van der Waals surface area (Å²) in [6.45, 7) is 26.0. The van der Waals surface area contributed by atoms with Crippen molar-refractivity contribution in [3.8, 4) is 28.4 Å². The van der Waals surface area contributed by atoms with Gasteiger partial charge in [0.25, 0.3) is 0 Å². The minimum atomic E-state index is -0.246. The smallest absolute Gasteiger partial charge is 0.137 e. The SMILES string of the molecule is CC(C)c1cccc(C(C)C)c1-c1ccc2c(c1)N(c1cccc(Oc3ccc4c5cc(C(C)(C)c6ccccc6)ccc5n(-c5cc(C(C)(C)c6ccccc6)ccn5)c4c3)c1)CN2c1cccc(C(C)(C)C)c1. The number of rotatable bonds is 12. The van der Waals surface area contributed by atoms with Gasteiger partial charge < -0.3 is 14.5 Å². The van der Waals surface area contributed by atoms with E-state index in [1.54, 1.807) is 0 Å². The van der Waals surface area contributed by atoms with E-state index in [4.69, 9.17) is 9.72 Å². The zero-order valence-corrected chi connectivity index (χ0v) is 45.6. The number of hydrogen-bond donors (Lipinski definition) is 0. The Bertz CT molecular complexity index is 3700. The standard InChI is InChI=1S/C70H70N4O/c1-46(2)58-29-20-30-59(47(3)4)67(58)48-31-35-63-65(39-48)73(45-72(63)54-26-18-25-51(40-54)68(5,6)7)55-27-19-28-56(43-55)75-57-33-34-60-61-41-52(69(8,9)49-21-14-12-15-22-49)32-36-62(61)74(64(60)44-57)66-42-53(37-38-71-66)70(10,11)50-23-16-13-17-24-50/h12-44,46-47H,45H2,1-11H3. The molecule has 5 heteroatoms. The van der Waals surface area contributed by atoms with E-state index in [0.717, 1.165) is 39.4 Å². The third-order valence-corrected chi connectivity index (χ3v) is 16.0. The highest BCUT2D eigenvalue weighted by Crippen LogP contribution is 2.49. The van der Waals surface area contributed by atoms with E-state index in [9.17, 15) is 0 Å². The van der Waals surface area contributed by atoms with Gasteiger partial charge in [-0.05, 0) is 140 Å². The van der Waals surface area contributed by atoms with Crippen molar-refractivity contribution in [3.63, 3.8) is 0 Å². The lowest BCUT2D eigenvalue weighted by atomic mass is 9.78. The van der Waals surface area contributed by atoms with Crippen molar-refractivity contribution in [2.75, 3.05) is 16.5 Å². The Balaban J connectivity index is 1.02. The molecule has 0 fully saturated rings. The van der Waals surface area contributed by atoms with E-state index in [1.807, 2.05) is 6.20 Å². The third kappa shape index (κ3) is 9.07. The zero-order valence-electron chi connectivity index (χ0n) is 45.6. The van der Waals surface area contributed by atoms with Crippen molar-refractivity contribution >= 4 is 44.6 Å². The van der Waals surface area contributed by atoms with E-state index in [2.05, 4.69) is 285 Å². The Hall–Kier alpha value is -7.89. The van der Waals surface area contributed by atoms with E-state index in [0.29, 0.717) is 18.5 Å². The second-order valence-corrected chi connectivity index (χ2v) is 23.4. The highest BCUT2D eigenvalue weighted by molar-refractivity contribution is 6.10. The predicted molar refractivity (Wildman–Crippen MR) is 317 cm³/mol. The summed E-state index contributed by atoms with van der Waals surface area (Å²) in [7, 11) is 0. The van der Waals surface area contributed by atoms with Crippen molar-refractivity contribution < 1.29 is 4.74 Å². The molecule has 0 spiro atoms. The second kappa shape index (κ2) is 19.1. The van der Waals surface area contributed by atoms with Gasteiger partial charge in [-0.25, -0.2) is 4.98 Å². The van der Waals surface area contributed by atoms with Crippen LogP contribution < -0.4 is 14.5 Å². The lowest BCUT2D eigenvalue weighted by molar-refractivity contribution is 0.483. The lowest BCUT2D eigenvalue weighted by Gasteiger charge is -2.27. The maximum absolute atomic E-state index is 7.00. The molecule has 0 unspecified atom stereocenters. The quantitative estimate of drug-likeness (QED) is 0.122. The van der Waals surface area contributed by atoms with Crippen LogP contribution in [-0.2, 0) is 16.2 Å². The molecule has 1 aliphatic heterocycles. The normalized spacial score (nSPS) is 13.1. The van der Waals surface area contributed by atoms with E-state index < -0.39 is 0 Å². The topological polar surface area (TPSA) is 33.5 Å². The van der Waals surface area contributed by atoms with Gasteiger partial charge in [0, 0.05) is 51.3 Å². The van der Waals surface area contributed by atoms with Crippen molar-refractivity contribution in [2.45, 2.75) is 104 Å². The number of aromatic nitrogens is 2. The molecule has 2 aromatic heterocycles. The average molecular weight is 983 g/mol. The Labute approximate surface area is 445 Å². The monoisotopic (exact) mass is 983 g/mol. The molecule has 0 saturated carbocycles. The molecule has 11 rings (SSSR count). The molecule has 75 heavy (non-hydrogen) atoms. The second-order valence-electron chi connectivity index (χ2n) is 23.4. The van der Waals surface area contributed by atoms with Gasteiger partial charge in [0.15, 0.2) is 0 Å². The van der Waals surface area contributed by atoms with Crippen LogP contribution in [0.4, 0.5) is 22.7 Å². The van der Waals surface area contributed by atoms with Gasteiger partial charge in [0.2, 0.25) is 0 Å². The lowest BCUT2D eigenvalue weighted by Crippen LogP contribution is -2.24. The van der Waals surface area contributed by atoms with Crippen LogP contribution in [0.3, 0.4) is 0 Å². The summed E-state index contributed by atoms with van der Waals surface area (Å²) in [5.74, 6) is 3.15. The summed E-state index contributed by atoms with van der Waals surface area (Å²) in [6.07, 6.45) is 1.96. The Morgan fingerprint density at radius 1 is 0.440 bits per heavy atom. The number of nitrogens with zero attached hydrogens (tertiary/aromatic N) is 4. The molecule has 0 radical (unpaired) electrons. The zero-order chi connectivity index (χ0) is 52.4. The fourth-order valence-corrected chi connectivity index (χ4v) is 11.4. The minimum Gasteiger partial charge on any atom is -0.457 e. The van der Waals surface area contributed by atoms with Crippen molar-refractivity contribution in [1.29, 1.82) is 0 Å². The maximum atomic E-state index is 7.00. The summed E-state index contributed by atoms with van der Waals surface area (Å²) in [5.41, 5.74) is 17.9. The highest BCUT2D eigenvalue weighted by Gasteiger charge is 2.32. The average Bonchev–Trinajstić information content (AvgIpc) is 3.98. The van der Waals surface area contributed by atoms with Gasteiger partial charge in [-0.3, -0.25) is 4.57 Å². The molecule has 8 aromatic carbocycles. The molecule has 5 nitrogen and oxygen atoms in total. The van der Waals surface area contributed by atoms with Crippen LogP contribution in [0.15, 0.2) is 200 Å². The summed E-state index contributed by atoms with van der Waals surface area (Å²) in [5, 5.41) is 2.32. The largest absolute Gasteiger partial charge is 0.457 e. The van der Waals surface area contributed by atoms with Crippen LogP contribution in [0.25, 0.3) is 38.8 Å². The first-order valence-corrected chi connectivity index (χ1v) is 26.8. The summed E-state index contributed by atoms with van der Waals surface area (Å²) in [4.78, 5) is 10.0. The van der Waals surface area contributed by atoms with Gasteiger partial charge in [-0.1, -0.05) is 185 Å². The predicted octanol–water partition coefficient (Wildman–Crippen LogP) is 19.1. The molecule has 0 atom stereocenters. The molecule has 0 saturated heterocycles. The van der Waals surface area contributed by atoms with Crippen molar-refractivity contribution in [2.24, 2.45) is 0 Å². The van der Waals surface area contributed by atoms with Gasteiger partial charge in [0.1, 0.15) is 24.0 Å². The van der Waals surface area contributed by atoms with Crippen molar-refractivity contribution in [1.82, 2.24) is 9.55 Å². The molecule has 10 aromatic rings. The first-order chi connectivity index (χ1) is 36.0. The van der Waals surface area contributed by atoms with Crippen LogP contribution in [0.1, 0.15) is 127 Å². The van der Waals surface area contributed by atoms with Gasteiger partial charge in [-0.2, -0.15) is 0 Å². The maximum Gasteiger partial charge on any atom is 0.137 e. The molecule has 0 bridgehead atoms. The minimum absolute atomic E-state index is 0.0149. The van der Waals surface area contributed by atoms with Gasteiger partial charge >= 0.3 is 0 Å². The first kappa shape index (κ1) is 49.3. The third-order valence-electron chi connectivity index (χ3n) is 16.0.